The van der Waals surface area contributed by atoms with Gasteiger partial charge in [0.05, 0.1) is 18.1 Å². The minimum atomic E-state index is 0.599. The molecule has 0 bridgehead atoms. The van der Waals surface area contributed by atoms with Crippen LogP contribution in [-0.2, 0) is 0 Å². The summed E-state index contributed by atoms with van der Waals surface area (Å²) in [4.78, 5) is 8.21. The van der Waals surface area contributed by atoms with E-state index in [1.54, 1.807) is 12.4 Å². The molecule has 0 saturated heterocycles. The Labute approximate surface area is 71.3 Å². The van der Waals surface area contributed by atoms with Crippen molar-refractivity contribution in [3.05, 3.63) is 24.8 Å². The third-order valence-electron chi connectivity index (χ3n) is 2.03. The fourth-order valence-electron chi connectivity index (χ4n) is 1.12. The molecule has 1 aliphatic carbocycles. The Morgan fingerprint density at radius 3 is 2.50 bits per heavy atom. The summed E-state index contributed by atoms with van der Waals surface area (Å²) in [5, 5.41) is 0. The quantitative estimate of drug-likeness (QED) is 0.714. The zero-order chi connectivity index (χ0) is 8.55. The maximum absolute atomic E-state index is 5.46. The van der Waals surface area contributed by atoms with E-state index in [2.05, 4.69) is 16.5 Å². The van der Waals surface area contributed by atoms with Gasteiger partial charge in [-0.3, -0.25) is 0 Å². The van der Waals surface area contributed by atoms with Crippen LogP contribution in [0.4, 0.5) is 5.69 Å². The van der Waals surface area contributed by atoms with Crippen LogP contribution in [-0.4, -0.2) is 9.97 Å². The van der Waals surface area contributed by atoms with E-state index in [-0.39, 0.29) is 0 Å². The molecular formula is C9H11N3. The third kappa shape index (κ3) is 1.30. The van der Waals surface area contributed by atoms with E-state index in [0.717, 1.165) is 11.4 Å². The van der Waals surface area contributed by atoms with Gasteiger partial charge in [0.1, 0.15) is 0 Å². The van der Waals surface area contributed by atoms with Crippen molar-refractivity contribution in [2.24, 2.45) is 5.92 Å². The summed E-state index contributed by atoms with van der Waals surface area (Å²) < 4.78 is 0. The second-order valence-electron chi connectivity index (χ2n) is 3.14. The fourth-order valence-corrected chi connectivity index (χ4v) is 1.12. The van der Waals surface area contributed by atoms with Gasteiger partial charge in [0.15, 0.2) is 5.82 Å². The average molecular weight is 161 g/mol. The number of nitrogens with zero attached hydrogens (tertiary/aromatic N) is 2. The maximum Gasteiger partial charge on any atom is 0.154 e. The van der Waals surface area contributed by atoms with Crippen molar-refractivity contribution in [3.8, 4) is 0 Å². The molecule has 1 aromatic rings. The topological polar surface area (TPSA) is 51.8 Å². The zero-order valence-electron chi connectivity index (χ0n) is 6.83. The van der Waals surface area contributed by atoms with Crippen molar-refractivity contribution in [1.82, 2.24) is 9.97 Å². The summed E-state index contributed by atoms with van der Waals surface area (Å²) in [5.74, 6) is 1.36. The van der Waals surface area contributed by atoms with E-state index in [9.17, 15) is 0 Å². The minimum Gasteiger partial charge on any atom is -0.396 e. The van der Waals surface area contributed by atoms with Crippen LogP contribution < -0.4 is 5.73 Å². The second-order valence-corrected chi connectivity index (χ2v) is 3.14. The highest BCUT2D eigenvalue weighted by molar-refractivity contribution is 5.61. The Bertz CT molecular complexity index is 298. The molecule has 1 aromatic heterocycles. The summed E-state index contributed by atoms with van der Waals surface area (Å²) in [5.41, 5.74) is 7.11. The standard InChI is InChI=1S/C9H11N3/c1-6(7-2-3-7)9-11-4-8(10)5-12-9/h4-5,7H,1-3,10H2. The minimum absolute atomic E-state index is 0.599. The molecule has 0 radical (unpaired) electrons. The zero-order valence-corrected chi connectivity index (χ0v) is 6.83. The molecule has 0 spiro atoms. The number of nitrogen functional groups attached to an aromatic ring is 1. The van der Waals surface area contributed by atoms with E-state index in [1.807, 2.05) is 0 Å². The van der Waals surface area contributed by atoms with Gasteiger partial charge in [-0.05, 0) is 24.3 Å². The first kappa shape index (κ1) is 7.28. The normalized spacial score (nSPS) is 16.0. The van der Waals surface area contributed by atoms with Crippen LogP contribution in [0.1, 0.15) is 18.7 Å². The molecule has 0 amide bonds. The second kappa shape index (κ2) is 2.59. The summed E-state index contributed by atoms with van der Waals surface area (Å²) >= 11 is 0. The Hall–Kier alpha value is -1.38. The summed E-state index contributed by atoms with van der Waals surface area (Å²) in [6.45, 7) is 3.95. The van der Waals surface area contributed by atoms with Gasteiger partial charge in [0.25, 0.3) is 0 Å². The van der Waals surface area contributed by atoms with Crippen LogP contribution in [0.25, 0.3) is 5.57 Å². The lowest BCUT2D eigenvalue weighted by atomic mass is 10.2. The van der Waals surface area contributed by atoms with Gasteiger partial charge < -0.3 is 5.73 Å². The van der Waals surface area contributed by atoms with Crippen LogP contribution in [0.15, 0.2) is 19.0 Å². The van der Waals surface area contributed by atoms with Crippen molar-refractivity contribution >= 4 is 11.3 Å². The van der Waals surface area contributed by atoms with Gasteiger partial charge in [-0.2, -0.15) is 0 Å². The molecule has 0 unspecified atom stereocenters. The molecule has 0 atom stereocenters. The first-order valence-corrected chi connectivity index (χ1v) is 4.04. The van der Waals surface area contributed by atoms with Gasteiger partial charge in [-0.15, -0.1) is 0 Å². The van der Waals surface area contributed by atoms with Crippen LogP contribution in [0.5, 0.6) is 0 Å². The van der Waals surface area contributed by atoms with E-state index >= 15 is 0 Å². The Morgan fingerprint density at radius 1 is 1.42 bits per heavy atom. The Morgan fingerprint density at radius 2 is 2.00 bits per heavy atom. The predicted octanol–water partition coefficient (Wildman–Crippen LogP) is 1.48. The molecule has 0 aliphatic heterocycles. The summed E-state index contributed by atoms with van der Waals surface area (Å²) in [6, 6.07) is 0. The number of allylic oxidation sites excluding steroid dienone is 1. The van der Waals surface area contributed by atoms with E-state index < -0.39 is 0 Å². The van der Waals surface area contributed by atoms with E-state index in [0.29, 0.717) is 11.6 Å². The lowest BCUT2D eigenvalue weighted by Crippen LogP contribution is -1.96. The lowest BCUT2D eigenvalue weighted by molar-refractivity contribution is 1.04. The molecule has 3 nitrogen and oxygen atoms in total. The largest absolute Gasteiger partial charge is 0.396 e. The third-order valence-corrected chi connectivity index (χ3v) is 2.03. The first-order valence-electron chi connectivity index (χ1n) is 4.04. The molecule has 1 heterocycles. The lowest BCUT2D eigenvalue weighted by Gasteiger charge is -2.00. The molecule has 2 N–H and O–H groups in total. The Kier molecular flexibility index (Phi) is 1.57. The van der Waals surface area contributed by atoms with Crippen LogP contribution in [0.3, 0.4) is 0 Å². The molecule has 0 aromatic carbocycles. The number of anilines is 1. The van der Waals surface area contributed by atoms with Crippen molar-refractivity contribution in [1.29, 1.82) is 0 Å². The molecule has 2 rings (SSSR count). The maximum atomic E-state index is 5.46. The van der Waals surface area contributed by atoms with Crippen molar-refractivity contribution < 1.29 is 0 Å². The van der Waals surface area contributed by atoms with Crippen molar-refractivity contribution in [3.63, 3.8) is 0 Å². The summed E-state index contributed by atoms with van der Waals surface area (Å²) in [7, 11) is 0. The summed E-state index contributed by atoms with van der Waals surface area (Å²) in [6.07, 6.45) is 5.70. The highest BCUT2D eigenvalue weighted by atomic mass is 14.9. The van der Waals surface area contributed by atoms with Crippen LogP contribution in [0.2, 0.25) is 0 Å². The smallest absolute Gasteiger partial charge is 0.154 e. The van der Waals surface area contributed by atoms with E-state index in [1.165, 1.54) is 12.8 Å². The molecular weight excluding hydrogens is 150 g/mol. The van der Waals surface area contributed by atoms with Crippen LogP contribution in [0, 0.1) is 5.92 Å². The molecule has 1 aliphatic rings. The van der Waals surface area contributed by atoms with Crippen LogP contribution >= 0.6 is 0 Å². The average Bonchev–Trinajstić information content (AvgIpc) is 2.87. The molecule has 1 fully saturated rings. The SMILES string of the molecule is C=C(c1ncc(N)cn1)C1CC1. The van der Waals surface area contributed by atoms with Crippen molar-refractivity contribution in [2.75, 3.05) is 5.73 Å². The predicted molar refractivity (Wildman–Crippen MR) is 48.2 cm³/mol. The van der Waals surface area contributed by atoms with Crippen molar-refractivity contribution in [2.45, 2.75) is 12.8 Å². The number of hydrogen-bond acceptors (Lipinski definition) is 3. The fraction of sp³-hybridized carbons (Fsp3) is 0.333. The van der Waals surface area contributed by atoms with Gasteiger partial charge in [0, 0.05) is 0 Å². The van der Waals surface area contributed by atoms with Gasteiger partial charge >= 0.3 is 0 Å². The first-order chi connectivity index (χ1) is 5.77. The molecule has 12 heavy (non-hydrogen) atoms. The number of hydrogen-bond donors (Lipinski definition) is 1. The highest BCUT2D eigenvalue weighted by Gasteiger charge is 2.26. The molecule has 3 heteroatoms. The molecule has 1 saturated carbocycles. The number of rotatable bonds is 2. The molecule has 62 valence electrons. The van der Waals surface area contributed by atoms with E-state index in [4.69, 9.17) is 5.73 Å². The monoisotopic (exact) mass is 161 g/mol. The number of aromatic nitrogens is 2. The van der Waals surface area contributed by atoms with Gasteiger partial charge in [-0.25, -0.2) is 9.97 Å². The van der Waals surface area contributed by atoms with Gasteiger partial charge in [0.2, 0.25) is 0 Å². The Balaban J connectivity index is 2.22. The van der Waals surface area contributed by atoms with Gasteiger partial charge in [-0.1, -0.05) is 6.58 Å². The highest BCUT2D eigenvalue weighted by Crippen LogP contribution is 2.39. The number of nitrogens with two attached hydrogens (primary N) is 1.